The van der Waals surface area contributed by atoms with Gasteiger partial charge in [-0.2, -0.15) is 0 Å². The molecule has 1 N–H and O–H groups in total. The van der Waals surface area contributed by atoms with Gasteiger partial charge in [-0.05, 0) is 24.1 Å². The molecule has 2 heteroatoms. The second kappa shape index (κ2) is 3.30. The fraction of sp³-hybridized carbons (Fsp3) is 0.222. The smallest absolute Gasteiger partial charge is 0.0696 e. The Morgan fingerprint density at radius 2 is 2.45 bits per heavy atom. The third-order valence-electron chi connectivity index (χ3n) is 1.55. The summed E-state index contributed by atoms with van der Waals surface area (Å²) in [7, 11) is 0. The van der Waals surface area contributed by atoms with Crippen molar-refractivity contribution in [2.75, 3.05) is 0 Å². The Hall–Kier alpha value is -1.15. The molecule has 0 aromatic carbocycles. The summed E-state index contributed by atoms with van der Waals surface area (Å²) in [4.78, 5) is 4.09. The lowest BCUT2D eigenvalue weighted by molar-refractivity contribution is 0.281. The zero-order chi connectivity index (χ0) is 8.27. The fourth-order valence-electron chi connectivity index (χ4n) is 0.944. The van der Waals surface area contributed by atoms with Gasteiger partial charge in [0, 0.05) is 6.20 Å². The van der Waals surface area contributed by atoms with E-state index < -0.39 is 0 Å². The summed E-state index contributed by atoms with van der Waals surface area (Å²) in [5.41, 5.74) is 2.77. The van der Waals surface area contributed by atoms with Gasteiger partial charge in [0.1, 0.15) is 0 Å². The van der Waals surface area contributed by atoms with Crippen LogP contribution in [0.15, 0.2) is 18.8 Å². The van der Waals surface area contributed by atoms with E-state index in [0.717, 1.165) is 16.8 Å². The predicted octanol–water partition coefficient (Wildman–Crippen LogP) is 1.53. The van der Waals surface area contributed by atoms with Crippen molar-refractivity contribution in [3.63, 3.8) is 0 Å². The molecule has 0 saturated heterocycles. The molecule has 2 nitrogen and oxygen atoms in total. The van der Waals surface area contributed by atoms with Crippen molar-refractivity contribution < 1.29 is 5.11 Å². The van der Waals surface area contributed by atoms with E-state index in [1.54, 1.807) is 12.3 Å². The van der Waals surface area contributed by atoms with Crippen LogP contribution in [0.5, 0.6) is 0 Å². The number of aliphatic hydroxyl groups is 1. The van der Waals surface area contributed by atoms with Crippen molar-refractivity contribution in [2.45, 2.75) is 13.5 Å². The molecule has 0 atom stereocenters. The van der Waals surface area contributed by atoms with Crippen LogP contribution in [0.25, 0.3) is 6.08 Å². The van der Waals surface area contributed by atoms with Gasteiger partial charge in [0.05, 0.1) is 12.3 Å². The Bertz CT molecular complexity index is 268. The molecule has 1 aromatic rings. The average molecular weight is 149 g/mol. The highest BCUT2D eigenvalue weighted by Gasteiger charge is 1.96. The lowest BCUT2D eigenvalue weighted by Gasteiger charge is -2.00. The molecule has 0 aliphatic rings. The summed E-state index contributed by atoms with van der Waals surface area (Å²) < 4.78 is 0. The zero-order valence-corrected chi connectivity index (χ0v) is 6.54. The van der Waals surface area contributed by atoms with Crippen molar-refractivity contribution in [3.8, 4) is 0 Å². The van der Waals surface area contributed by atoms with Gasteiger partial charge < -0.3 is 5.11 Å². The highest BCUT2D eigenvalue weighted by atomic mass is 16.3. The van der Waals surface area contributed by atoms with E-state index in [1.807, 2.05) is 13.0 Å². The number of hydrogen-bond donors (Lipinski definition) is 1. The van der Waals surface area contributed by atoms with Crippen LogP contribution in [-0.2, 0) is 6.61 Å². The molecular weight excluding hydrogens is 138 g/mol. The molecule has 0 aliphatic heterocycles. The van der Waals surface area contributed by atoms with Crippen molar-refractivity contribution >= 4 is 6.08 Å². The molecule has 0 saturated carbocycles. The van der Waals surface area contributed by atoms with E-state index >= 15 is 0 Å². The number of aliphatic hydroxyl groups excluding tert-OH is 1. The van der Waals surface area contributed by atoms with Gasteiger partial charge in [-0.3, -0.25) is 4.98 Å². The van der Waals surface area contributed by atoms with Crippen LogP contribution in [-0.4, -0.2) is 10.1 Å². The second-order valence-electron chi connectivity index (χ2n) is 2.41. The molecule has 1 aromatic heterocycles. The van der Waals surface area contributed by atoms with E-state index in [0.29, 0.717) is 0 Å². The van der Waals surface area contributed by atoms with E-state index in [4.69, 9.17) is 5.11 Å². The Balaban J connectivity index is 3.09. The van der Waals surface area contributed by atoms with E-state index in [2.05, 4.69) is 11.6 Å². The number of hydrogen-bond acceptors (Lipinski definition) is 2. The van der Waals surface area contributed by atoms with E-state index in [-0.39, 0.29) is 6.61 Å². The van der Waals surface area contributed by atoms with Crippen LogP contribution >= 0.6 is 0 Å². The Morgan fingerprint density at radius 1 is 1.73 bits per heavy atom. The average Bonchev–Trinajstić information content (AvgIpc) is 2.04. The van der Waals surface area contributed by atoms with E-state index in [9.17, 15) is 0 Å². The van der Waals surface area contributed by atoms with Crippen LogP contribution < -0.4 is 0 Å². The molecule has 0 amide bonds. The maximum absolute atomic E-state index is 8.76. The van der Waals surface area contributed by atoms with Gasteiger partial charge in [0.2, 0.25) is 0 Å². The maximum Gasteiger partial charge on any atom is 0.0696 e. The fourth-order valence-corrected chi connectivity index (χ4v) is 0.944. The first kappa shape index (κ1) is 7.95. The van der Waals surface area contributed by atoms with Gasteiger partial charge in [0.25, 0.3) is 0 Å². The minimum absolute atomic E-state index is 0.0469. The largest absolute Gasteiger partial charge is 0.392 e. The summed E-state index contributed by atoms with van der Waals surface area (Å²) in [5.74, 6) is 0. The topological polar surface area (TPSA) is 33.1 Å². The monoisotopic (exact) mass is 149 g/mol. The van der Waals surface area contributed by atoms with Gasteiger partial charge in [-0.1, -0.05) is 12.6 Å². The third kappa shape index (κ3) is 1.65. The van der Waals surface area contributed by atoms with Crippen LogP contribution in [0.3, 0.4) is 0 Å². The van der Waals surface area contributed by atoms with Crippen molar-refractivity contribution in [3.05, 3.63) is 35.7 Å². The SMILES string of the molecule is C=Cc1ncc(CO)cc1C. The zero-order valence-electron chi connectivity index (χ0n) is 6.54. The second-order valence-corrected chi connectivity index (χ2v) is 2.41. The summed E-state index contributed by atoms with van der Waals surface area (Å²) in [6, 6.07) is 1.91. The Kier molecular flexibility index (Phi) is 2.39. The molecule has 58 valence electrons. The molecule has 0 spiro atoms. The molecular formula is C9H11NO. The number of aryl methyl sites for hydroxylation is 1. The Morgan fingerprint density at radius 3 is 2.91 bits per heavy atom. The molecule has 1 rings (SSSR count). The van der Waals surface area contributed by atoms with Gasteiger partial charge >= 0.3 is 0 Å². The summed E-state index contributed by atoms with van der Waals surface area (Å²) >= 11 is 0. The van der Waals surface area contributed by atoms with Crippen LogP contribution in [0, 0.1) is 6.92 Å². The minimum Gasteiger partial charge on any atom is -0.392 e. The Labute approximate surface area is 66.2 Å². The van der Waals surface area contributed by atoms with Gasteiger partial charge in [0.15, 0.2) is 0 Å². The molecule has 0 radical (unpaired) electrons. The molecule has 0 fully saturated rings. The lowest BCUT2D eigenvalue weighted by Crippen LogP contribution is -1.90. The minimum atomic E-state index is 0.0469. The number of aromatic nitrogens is 1. The summed E-state index contributed by atoms with van der Waals surface area (Å²) in [6.07, 6.45) is 3.36. The van der Waals surface area contributed by atoms with E-state index in [1.165, 1.54) is 0 Å². The van der Waals surface area contributed by atoms with Crippen LogP contribution in [0.1, 0.15) is 16.8 Å². The first-order valence-electron chi connectivity index (χ1n) is 3.46. The van der Waals surface area contributed by atoms with Gasteiger partial charge in [-0.25, -0.2) is 0 Å². The molecule has 11 heavy (non-hydrogen) atoms. The normalized spacial score (nSPS) is 9.64. The number of nitrogens with zero attached hydrogens (tertiary/aromatic N) is 1. The number of pyridine rings is 1. The maximum atomic E-state index is 8.76. The lowest BCUT2D eigenvalue weighted by atomic mass is 10.1. The quantitative estimate of drug-likeness (QED) is 0.691. The first-order valence-corrected chi connectivity index (χ1v) is 3.46. The third-order valence-corrected chi connectivity index (χ3v) is 1.55. The number of rotatable bonds is 2. The van der Waals surface area contributed by atoms with Crippen molar-refractivity contribution in [1.82, 2.24) is 4.98 Å². The summed E-state index contributed by atoms with van der Waals surface area (Å²) in [6.45, 7) is 5.62. The molecule has 1 heterocycles. The predicted molar refractivity (Wildman–Crippen MR) is 45.0 cm³/mol. The molecule has 0 bridgehead atoms. The molecule has 0 unspecified atom stereocenters. The van der Waals surface area contributed by atoms with Gasteiger partial charge in [-0.15, -0.1) is 0 Å². The summed E-state index contributed by atoms with van der Waals surface area (Å²) in [5, 5.41) is 8.76. The molecule has 0 aliphatic carbocycles. The first-order chi connectivity index (χ1) is 5.27. The highest BCUT2D eigenvalue weighted by molar-refractivity contribution is 5.46. The van der Waals surface area contributed by atoms with Crippen molar-refractivity contribution in [2.24, 2.45) is 0 Å². The standard InChI is InChI=1S/C9H11NO/c1-3-9-7(2)4-8(6-11)5-10-9/h3-5,11H,1,6H2,2H3. The van der Waals surface area contributed by atoms with Crippen LogP contribution in [0.2, 0.25) is 0 Å². The highest BCUT2D eigenvalue weighted by Crippen LogP contribution is 2.08. The van der Waals surface area contributed by atoms with Crippen LogP contribution in [0.4, 0.5) is 0 Å². The van der Waals surface area contributed by atoms with Crippen molar-refractivity contribution in [1.29, 1.82) is 0 Å².